The number of aliphatic imine (C=N–C) groups is 1. The summed E-state index contributed by atoms with van der Waals surface area (Å²) in [7, 11) is 0. The molecule has 0 atom stereocenters. The summed E-state index contributed by atoms with van der Waals surface area (Å²) in [6.45, 7) is 3.89. The minimum absolute atomic E-state index is 0.205. The molecule has 1 aliphatic heterocycles. The van der Waals surface area contributed by atoms with Crippen LogP contribution >= 0.6 is 23.4 Å². The maximum Gasteiger partial charge on any atom is 0.271 e. The third kappa shape index (κ3) is 7.02. The predicted molar refractivity (Wildman–Crippen MR) is 171 cm³/mol. The van der Waals surface area contributed by atoms with Crippen LogP contribution in [-0.4, -0.2) is 30.2 Å². The van der Waals surface area contributed by atoms with Crippen molar-refractivity contribution in [1.82, 2.24) is 0 Å². The molecule has 1 aliphatic rings. The van der Waals surface area contributed by atoms with Crippen LogP contribution in [0.1, 0.15) is 18.1 Å². The lowest BCUT2D eigenvalue weighted by Gasteiger charge is -2.15. The molecule has 42 heavy (non-hydrogen) atoms. The summed E-state index contributed by atoms with van der Waals surface area (Å²) in [6.07, 6.45) is 1.75. The Balaban J connectivity index is 1.40. The van der Waals surface area contributed by atoms with E-state index < -0.39 is 0 Å². The van der Waals surface area contributed by atoms with Crippen LogP contribution in [0, 0.1) is 6.92 Å². The number of aryl methyl sites for hydroxylation is 1. The first-order chi connectivity index (χ1) is 20.4. The fraction of sp³-hybridized carbons (Fsp3) is 0.121. The highest BCUT2D eigenvalue weighted by Crippen LogP contribution is 2.40. The highest BCUT2D eigenvalue weighted by atomic mass is 35.5. The van der Waals surface area contributed by atoms with E-state index >= 15 is 0 Å². The van der Waals surface area contributed by atoms with Crippen LogP contribution in [0.25, 0.3) is 6.08 Å². The number of carbonyl (C=O) groups excluding carboxylic acids is 2. The monoisotopic (exact) mass is 597 g/mol. The lowest BCUT2D eigenvalue weighted by molar-refractivity contribution is -0.118. The van der Waals surface area contributed by atoms with E-state index in [0.717, 1.165) is 11.3 Å². The second-order valence-electron chi connectivity index (χ2n) is 9.29. The highest BCUT2D eigenvalue weighted by molar-refractivity contribution is 8.19. The van der Waals surface area contributed by atoms with Crippen LogP contribution in [0.2, 0.25) is 5.02 Å². The first kappa shape index (κ1) is 29.0. The van der Waals surface area contributed by atoms with E-state index in [-0.39, 0.29) is 29.2 Å². The van der Waals surface area contributed by atoms with Crippen LogP contribution < -0.4 is 19.7 Å². The Kier molecular flexibility index (Phi) is 9.26. The molecule has 9 heteroatoms. The van der Waals surface area contributed by atoms with Crippen molar-refractivity contribution in [3.8, 4) is 11.5 Å². The number of carbonyl (C=O) groups is 2. The molecule has 0 spiro atoms. The standard InChI is InChI=1S/C33H28ClN3O4S/c1-3-40-28-19-23(18-27(34)31(28)41-21-30(38)35-25-14-10-11-22(2)17-25)20-29-32(39)37(26-15-8-5-9-16-26)33(42-29)36-24-12-6-4-7-13-24/h4-20H,3,21H2,1-2H3,(H,35,38)/b29-20-,36-33?. The van der Waals surface area contributed by atoms with E-state index in [2.05, 4.69) is 5.32 Å². The van der Waals surface area contributed by atoms with Gasteiger partial charge in [-0.1, -0.05) is 60.1 Å². The molecule has 1 N–H and O–H groups in total. The maximum absolute atomic E-state index is 13.6. The number of halogens is 1. The quantitative estimate of drug-likeness (QED) is 0.199. The average molecular weight is 598 g/mol. The summed E-state index contributed by atoms with van der Waals surface area (Å²) in [4.78, 5) is 33.0. The third-order valence-electron chi connectivity index (χ3n) is 6.08. The van der Waals surface area contributed by atoms with E-state index in [4.69, 9.17) is 26.1 Å². The third-order valence-corrected chi connectivity index (χ3v) is 7.33. The van der Waals surface area contributed by atoms with Crippen LogP contribution in [-0.2, 0) is 9.59 Å². The summed E-state index contributed by atoms with van der Waals surface area (Å²) < 4.78 is 11.6. The fourth-order valence-corrected chi connectivity index (χ4v) is 5.52. The number of nitrogens with zero attached hydrogens (tertiary/aromatic N) is 2. The van der Waals surface area contributed by atoms with Crippen LogP contribution in [0.3, 0.4) is 0 Å². The molecule has 5 rings (SSSR count). The van der Waals surface area contributed by atoms with Gasteiger partial charge in [0.25, 0.3) is 11.8 Å². The number of hydrogen-bond donors (Lipinski definition) is 1. The second kappa shape index (κ2) is 13.4. The smallest absolute Gasteiger partial charge is 0.271 e. The summed E-state index contributed by atoms with van der Waals surface area (Å²) in [5.41, 5.74) is 3.81. The minimum Gasteiger partial charge on any atom is -0.490 e. The van der Waals surface area contributed by atoms with Gasteiger partial charge in [0.15, 0.2) is 23.3 Å². The fourth-order valence-electron chi connectivity index (χ4n) is 4.25. The number of anilines is 2. The molecule has 0 bridgehead atoms. The van der Waals surface area contributed by atoms with Gasteiger partial charge in [-0.2, -0.15) is 0 Å². The molecule has 0 saturated carbocycles. The summed E-state index contributed by atoms with van der Waals surface area (Å²) in [6, 6.07) is 29.8. The molecule has 7 nitrogen and oxygen atoms in total. The van der Waals surface area contributed by atoms with Gasteiger partial charge in [0.2, 0.25) is 0 Å². The molecular formula is C33H28ClN3O4S. The average Bonchev–Trinajstić information content (AvgIpc) is 3.27. The molecule has 1 saturated heterocycles. The molecular weight excluding hydrogens is 570 g/mol. The van der Waals surface area contributed by atoms with Gasteiger partial charge in [-0.05, 0) is 91.3 Å². The Bertz CT molecular complexity index is 1660. The Morgan fingerprint density at radius 3 is 2.43 bits per heavy atom. The first-order valence-corrected chi connectivity index (χ1v) is 14.5. The van der Waals surface area contributed by atoms with Gasteiger partial charge in [-0.3, -0.25) is 14.5 Å². The van der Waals surface area contributed by atoms with E-state index in [9.17, 15) is 9.59 Å². The van der Waals surface area contributed by atoms with Gasteiger partial charge in [-0.25, -0.2) is 4.99 Å². The number of thioether (sulfide) groups is 1. The number of para-hydroxylation sites is 2. The van der Waals surface area contributed by atoms with E-state index in [1.807, 2.05) is 98.8 Å². The number of nitrogens with one attached hydrogen (secondary N) is 1. The van der Waals surface area contributed by atoms with E-state index in [0.29, 0.717) is 39.4 Å². The molecule has 0 aliphatic carbocycles. The first-order valence-electron chi connectivity index (χ1n) is 13.3. The minimum atomic E-state index is -0.329. The van der Waals surface area contributed by atoms with Crippen LogP contribution in [0.15, 0.2) is 107 Å². The molecule has 1 fully saturated rings. The summed E-state index contributed by atoms with van der Waals surface area (Å²) in [5.74, 6) is 0.0871. The van der Waals surface area contributed by atoms with Gasteiger partial charge in [0.05, 0.1) is 27.9 Å². The van der Waals surface area contributed by atoms with Gasteiger partial charge >= 0.3 is 0 Å². The summed E-state index contributed by atoms with van der Waals surface area (Å²) >= 11 is 7.90. The predicted octanol–water partition coefficient (Wildman–Crippen LogP) is 7.87. The zero-order chi connectivity index (χ0) is 29.5. The van der Waals surface area contributed by atoms with Gasteiger partial charge in [-0.15, -0.1) is 0 Å². The topological polar surface area (TPSA) is 80.2 Å². The molecule has 4 aromatic rings. The SMILES string of the molecule is CCOc1cc(/C=C2\SC(=Nc3ccccc3)N(c3ccccc3)C2=O)cc(Cl)c1OCC(=O)Nc1cccc(C)c1. The maximum atomic E-state index is 13.6. The van der Waals surface area contributed by atoms with Gasteiger partial charge in [0.1, 0.15) is 0 Å². The lowest BCUT2D eigenvalue weighted by atomic mass is 10.1. The summed E-state index contributed by atoms with van der Waals surface area (Å²) in [5, 5.41) is 3.61. The van der Waals surface area contributed by atoms with Crippen molar-refractivity contribution >= 4 is 63.5 Å². The molecule has 212 valence electrons. The zero-order valence-electron chi connectivity index (χ0n) is 23.0. The normalized spacial score (nSPS) is 14.8. The molecule has 0 aromatic heterocycles. The number of hydrogen-bond acceptors (Lipinski definition) is 6. The Labute approximate surface area is 253 Å². The number of amidine groups is 1. The van der Waals surface area contributed by atoms with Crippen molar-refractivity contribution in [2.75, 3.05) is 23.4 Å². The van der Waals surface area contributed by atoms with Crippen LogP contribution in [0.4, 0.5) is 17.1 Å². The highest BCUT2D eigenvalue weighted by Gasteiger charge is 2.34. The lowest BCUT2D eigenvalue weighted by Crippen LogP contribution is -2.28. The molecule has 0 radical (unpaired) electrons. The number of ether oxygens (including phenoxy) is 2. The number of benzene rings is 4. The van der Waals surface area contributed by atoms with Gasteiger partial charge < -0.3 is 14.8 Å². The van der Waals surface area contributed by atoms with E-state index in [1.165, 1.54) is 11.8 Å². The van der Waals surface area contributed by atoms with Crippen LogP contribution in [0.5, 0.6) is 11.5 Å². The largest absolute Gasteiger partial charge is 0.490 e. The molecule has 0 unspecified atom stereocenters. The van der Waals surface area contributed by atoms with Crippen molar-refractivity contribution in [2.45, 2.75) is 13.8 Å². The Hall–Kier alpha value is -4.53. The molecule has 1 heterocycles. The second-order valence-corrected chi connectivity index (χ2v) is 10.7. The van der Waals surface area contributed by atoms with Crippen molar-refractivity contribution in [1.29, 1.82) is 0 Å². The van der Waals surface area contributed by atoms with Gasteiger partial charge in [0, 0.05) is 5.69 Å². The Morgan fingerprint density at radius 2 is 1.71 bits per heavy atom. The van der Waals surface area contributed by atoms with Crippen molar-refractivity contribution in [3.05, 3.63) is 118 Å². The zero-order valence-corrected chi connectivity index (χ0v) is 24.6. The van der Waals surface area contributed by atoms with Crippen molar-refractivity contribution in [2.24, 2.45) is 4.99 Å². The molecule has 2 amide bonds. The van der Waals surface area contributed by atoms with Crippen molar-refractivity contribution < 1.29 is 19.1 Å². The van der Waals surface area contributed by atoms with Crippen molar-refractivity contribution in [3.63, 3.8) is 0 Å². The molecule has 4 aromatic carbocycles. The van der Waals surface area contributed by atoms with E-state index in [1.54, 1.807) is 23.1 Å². The number of rotatable bonds is 9. The Morgan fingerprint density at radius 1 is 0.976 bits per heavy atom. The number of amides is 2.